The maximum absolute atomic E-state index is 12.2. The number of sulfone groups is 1. The van der Waals surface area contributed by atoms with Gasteiger partial charge in [-0.3, -0.25) is 4.98 Å². The minimum absolute atomic E-state index is 0.246. The van der Waals surface area contributed by atoms with Gasteiger partial charge in [0.2, 0.25) is 0 Å². The SMILES string of the molecule is CC(c1ccc(C(F)(F)F)nc1)S(C)(=O)=O. The van der Waals surface area contributed by atoms with Gasteiger partial charge in [-0.1, -0.05) is 6.07 Å². The van der Waals surface area contributed by atoms with Crippen molar-refractivity contribution in [2.45, 2.75) is 18.3 Å². The van der Waals surface area contributed by atoms with E-state index >= 15 is 0 Å². The van der Waals surface area contributed by atoms with E-state index in [9.17, 15) is 21.6 Å². The zero-order valence-corrected chi connectivity index (χ0v) is 9.43. The molecule has 0 aliphatic rings. The highest BCUT2D eigenvalue weighted by Crippen LogP contribution is 2.28. The number of alkyl halides is 3. The van der Waals surface area contributed by atoms with Gasteiger partial charge in [-0.05, 0) is 18.6 Å². The molecule has 1 rings (SSSR count). The van der Waals surface area contributed by atoms with Crippen LogP contribution in [-0.4, -0.2) is 19.7 Å². The third-order valence-corrected chi connectivity index (χ3v) is 3.75. The Morgan fingerprint density at radius 1 is 1.31 bits per heavy atom. The van der Waals surface area contributed by atoms with Crippen LogP contribution in [0.2, 0.25) is 0 Å². The number of nitrogens with zero attached hydrogens (tertiary/aromatic N) is 1. The summed E-state index contributed by atoms with van der Waals surface area (Å²) in [6.07, 6.45) is -2.54. The maximum Gasteiger partial charge on any atom is 0.433 e. The first kappa shape index (κ1) is 13.0. The second-order valence-electron chi connectivity index (χ2n) is 3.45. The van der Waals surface area contributed by atoms with Crippen LogP contribution in [0.15, 0.2) is 18.3 Å². The maximum atomic E-state index is 12.2. The number of aromatic nitrogens is 1. The fourth-order valence-corrected chi connectivity index (χ4v) is 1.69. The second kappa shape index (κ2) is 4.04. The lowest BCUT2D eigenvalue weighted by Crippen LogP contribution is -2.11. The first-order valence-electron chi connectivity index (χ1n) is 4.34. The van der Waals surface area contributed by atoms with Gasteiger partial charge in [0.25, 0.3) is 0 Å². The Balaban J connectivity index is 3.05. The first-order chi connectivity index (χ1) is 7.12. The van der Waals surface area contributed by atoms with Gasteiger partial charge in [0.15, 0.2) is 9.84 Å². The van der Waals surface area contributed by atoms with Gasteiger partial charge in [0.1, 0.15) is 5.69 Å². The quantitative estimate of drug-likeness (QED) is 0.811. The number of rotatable bonds is 2. The molecule has 0 aliphatic heterocycles. The molecule has 0 N–H and O–H groups in total. The van der Waals surface area contributed by atoms with Crippen molar-refractivity contribution in [3.8, 4) is 0 Å². The highest BCUT2D eigenvalue weighted by atomic mass is 32.2. The van der Waals surface area contributed by atoms with Gasteiger partial charge in [-0.2, -0.15) is 13.2 Å². The molecule has 1 heterocycles. The molecule has 3 nitrogen and oxygen atoms in total. The molecule has 0 amide bonds. The van der Waals surface area contributed by atoms with Crippen molar-refractivity contribution in [3.63, 3.8) is 0 Å². The smallest absolute Gasteiger partial charge is 0.251 e. The summed E-state index contributed by atoms with van der Waals surface area (Å²) in [5.74, 6) is 0. The Labute approximate surface area is 91.2 Å². The van der Waals surface area contributed by atoms with Crippen LogP contribution in [0, 0.1) is 0 Å². The summed E-state index contributed by atoms with van der Waals surface area (Å²) < 4.78 is 58.8. The van der Waals surface area contributed by atoms with Crippen molar-refractivity contribution in [1.82, 2.24) is 4.98 Å². The van der Waals surface area contributed by atoms with E-state index in [1.165, 1.54) is 6.92 Å². The topological polar surface area (TPSA) is 47.0 Å². The van der Waals surface area contributed by atoms with Crippen LogP contribution in [0.25, 0.3) is 0 Å². The number of halogens is 3. The lowest BCUT2D eigenvalue weighted by molar-refractivity contribution is -0.141. The summed E-state index contributed by atoms with van der Waals surface area (Å²) in [7, 11) is -3.33. The van der Waals surface area contributed by atoms with E-state index in [-0.39, 0.29) is 5.56 Å². The van der Waals surface area contributed by atoms with E-state index in [0.29, 0.717) is 0 Å². The van der Waals surface area contributed by atoms with Crippen LogP contribution in [0.4, 0.5) is 13.2 Å². The molecule has 1 aromatic heterocycles. The first-order valence-corrected chi connectivity index (χ1v) is 6.30. The van der Waals surface area contributed by atoms with E-state index in [1.54, 1.807) is 0 Å². The standard InChI is InChI=1S/C9H10F3NO2S/c1-6(16(2,14)15)7-3-4-8(13-5-7)9(10,11)12/h3-6H,1-2H3. The molecule has 0 spiro atoms. The molecule has 0 aliphatic carbocycles. The highest BCUT2D eigenvalue weighted by molar-refractivity contribution is 7.90. The van der Waals surface area contributed by atoms with E-state index < -0.39 is 27.0 Å². The molecule has 90 valence electrons. The summed E-state index contributed by atoms with van der Waals surface area (Å²) in [6, 6.07) is 1.90. The van der Waals surface area contributed by atoms with Crippen LogP contribution in [0.3, 0.4) is 0 Å². The molecule has 0 bridgehead atoms. The Kier molecular flexibility index (Phi) is 3.27. The van der Waals surface area contributed by atoms with Crippen LogP contribution >= 0.6 is 0 Å². The molecule has 7 heteroatoms. The van der Waals surface area contributed by atoms with E-state index in [4.69, 9.17) is 0 Å². The van der Waals surface area contributed by atoms with Crippen molar-refractivity contribution in [2.75, 3.05) is 6.26 Å². The van der Waals surface area contributed by atoms with Gasteiger partial charge < -0.3 is 0 Å². The van der Waals surface area contributed by atoms with Crippen molar-refractivity contribution >= 4 is 9.84 Å². The molecule has 0 saturated heterocycles. The van der Waals surface area contributed by atoms with Crippen molar-refractivity contribution in [3.05, 3.63) is 29.6 Å². The third kappa shape index (κ3) is 2.94. The normalized spacial score (nSPS) is 14.8. The van der Waals surface area contributed by atoms with Gasteiger partial charge in [-0.15, -0.1) is 0 Å². The molecule has 0 radical (unpaired) electrons. The Bertz CT molecular complexity index is 465. The number of hydrogen-bond donors (Lipinski definition) is 0. The molecule has 1 unspecified atom stereocenters. The van der Waals surface area contributed by atoms with Crippen LogP contribution in [0.5, 0.6) is 0 Å². The lowest BCUT2D eigenvalue weighted by Gasteiger charge is -2.10. The molecule has 1 aromatic rings. The lowest BCUT2D eigenvalue weighted by atomic mass is 10.2. The van der Waals surface area contributed by atoms with Gasteiger partial charge in [-0.25, -0.2) is 8.42 Å². The fraction of sp³-hybridized carbons (Fsp3) is 0.444. The van der Waals surface area contributed by atoms with E-state index in [2.05, 4.69) is 4.98 Å². The summed E-state index contributed by atoms with van der Waals surface area (Å²) in [5.41, 5.74) is -0.785. The zero-order valence-electron chi connectivity index (χ0n) is 8.62. The summed E-state index contributed by atoms with van der Waals surface area (Å²) in [6.45, 7) is 1.40. The average Bonchev–Trinajstić information content (AvgIpc) is 2.14. The monoisotopic (exact) mass is 253 g/mol. The Morgan fingerprint density at radius 3 is 2.19 bits per heavy atom. The summed E-state index contributed by atoms with van der Waals surface area (Å²) in [4.78, 5) is 3.20. The van der Waals surface area contributed by atoms with Crippen molar-refractivity contribution in [1.29, 1.82) is 0 Å². The molecule has 0 aromatic carbocycles. The average molecular weight is 253 g/mol. The summed E-state index contributed by atoms with van der Waals surface area (Å²) in [5, 5.41) is -0.859. The Hall–Kier alpha value is -1.11. The van der Waals surface area contributed by atoms with E-state index in [1.807, 2.05) is 0 Å². The van der Waals surface area contributed by atoms with Gasteiger partial charge in [0.05, 0.1) is 5.25 Å². The molecular weight excluding hydrogens is 243 g/mol. The minimum atomic E-state index is -4.51. The molecule has 0 saturated carbocycles. The zero-order chi connectivity index (χ0) is 12.6. The second-order valence-corrected chi connectivity index (χ2v) is 5.81. The number of pyridine rings is 1. The highest BCUT2D eigenvalue weighted by Gasteiger charge is 2.32. The predicted octanol–water partition coefficient (Wildman–Crippen LogP) is 2.21. The molecular formula is C9H10F3NO2S. The predicted molar refractivity (Wildman–Crippen MR) is 52.5 cm³/mol. The molecule has 1 atom stereocenters. The van der Waals surface area contributed by atoms with Crippen molar-refractivity contribution in [2.24, 2.45) is 0 Å². The molecule has 0 fully saturated rings. The van der Waals surface area contributed by atoms with Gasteiger partial charge in [0, 0.05) is 12.5 Å². The largest absolute Gasteiger partial charge is 0.433 e. The Morgan fingerprint density at radius 2 is 1.88 bits per heavy atom. The van der Waals surface area contributed by atoms with Gasteiger partial charge >= 0.3 is 6.18 Å². The minimum Gasteiger partial charge on any atom is -0.251 e. The summed E-state index contributed by atoms with van der Waals surface area (Å²) >= 11 is 0. The van der Waals surface area contributed by atoms with Crippen LogP contribution < -0.4 is 0 Å². The van der Waals surface area contributed by atoms with Crippen LogP contribution in [-0.2, 0) is 16.0 Å². The number of hydrogen-bond acceptors (Lipinski definition) is 3. The fourth-order valence-electron chi connectivity index (χ4n) is 1.06. The van der Waals surface area contributed by atoms with E-state index in [0.717, 1.165) is 24.6 Å². The third-order valence-electron chi connectivity index (χ3n) is 2.19. The van der Waals surface area contributed by atoms with Crippen molar-refractivity contribution < 1.29 is 21.6 Å². The molecule has 16 heavy (non-hydrogen) atoms. The van der Waals surface area contributed by atoms with Crippen LogP contribution in [0.1, 0.15) is 23.4 Å².